The molecule has 0 fully saturated rings. The molecule has 0 bridgehead atoms. The minimum absolute atomic E-state index is 0.0200. The zero-order chi connectivity index (χ0) is 34.9. The summed E-state index contributed by atoms with van der Waals surface area (Å²) in [5.74, 6) is 1.31. The maximum absolute atomic E-state index is 6.61. The van der Waals surface area contributed by atoms with Crippen molar-refractivity contribution in [2.75, 3.05) is 6.54 Å². The number of hydrogen-bond donors (Lipinski definition) is 2. The molecule has 6 heteroatoms. The fourth-order valence-corrected chi connectivity index (χ4v) is 7.54. The molecule has 3 aliphatic carbocycles. The van der Waals surface area contributed by atoms with Crippen molar-refractivity contribution in [2.45, 2.75) is 43.7 Å². The molecule has 3 heterocycles. The highest BCUT2D eigenvalue weighted by molar-refractivity contribution is 5.89. The second-order valence-electron chi connectivity index (χ2n) is 13.7. The second kappa shape index (κ2) is 14.0. The number of furan rings is 1. The molecule has 0 saturated carbocycles. The lowest BCUT2D eigenvalue weighted by molar-refractivity contribution is 0.218. The molecule has 2 aromatic heterocycles. The van der Waals surface area contributed by atoms with E-state index in [1.54, 1.807) is 0 Å². The van der Waals surface area contributed by atoms with Gasteiger partial charge in [-0.3, -0.25) is 0 Å². The third-order valence-corrected chi connectivity index (χ3v) is 10.3. The number of aromatic nitrogens is 2. The van der Waals surface area contributed by atoms with Crippen LogP contribution in [0.4, 0.5) is 0 Å². The van der Waals surface area contributed by atoms with Crippen molar-refractivity contribution in [3.8, 4) is 28.6 Å². The van der Waals surface area contributed by atoms with Crippen molar-refractivity contribution >= 4 is 22.2 Å². The number of benzene rings is 3. The maximum atomic E-state index is 6.61. The highest BCUT2D eigenvalue weighted by Crippen LogP contribution is 2.48. The van der Waals surface area contributed by atoms with Gasteiger partial charge in [-0.15, -0.1) is 0 Å². The molecule has 3 N–H and O–H groups in total. The summed E-state index contributed by atoms with van der Waals surface area (Å²) in [7, 11) is 0. The Balaban J connectivity index is 1.03. The van der Waals surface area contributed by atoms with Crippen molar-refractivity contribution in [3.05, 3.63) is 174 Å². The third kappa shape index (κ3) is 6.38. The van der Waals surface area contributed by atoms with Crippen LogP contribution in [0.15, 0.2) is 161 Å². The first-order valence-electron chi connectivity index (χ1n) is 18.2. The summed E-state index contributed by atoms with van der Waals surface area (Å²) in [6, 6.07) is 28.8. The molecule has 4 aliphatic rings. The van der Waals surface area contributed by atoms with Crippen molar-refractivity contribution < 1.29 is 9.15 Å². The lowest BCUT2D eigenvalue weighted by Crippen LogP contribution is -2.32. The molecule has 3 aromatic carbocycles. The molecule has 5 aromatic rings. The Kier molecular flexibility index (Phi) is 8.59. The van der Waals surface area contributed by atoms with Gasteiger partial charge in [0, 0.05) is 28.8 Å². The lowest BCUT2D eigenvalue weighted by atomic mass is 9.88. The van der Waals surface area contributed by atoms with Crippen molar-refractivity contribution in [1.82, 2.24) is 15.3 Å². The molecule has 52 heavy (non-hydrogen) atoms. The highest BCUT2D eigenvalue weighted by Gasteiger charge is 2.38. The summed E-state index contributed by atoms with van der Waals surface area (Å²) >= 11 is 0. The molecule has 0 spiro atoms. The average molecular weight is 681 g/mol. The zero-order valence-corrected chi connectivity index (χ0v) is 28.9. The number of nitrogens with zero attached hydrogens (tertiary/aromatic N) is 2. The van der Waals surface area contributed by atoms with Gasteiger partial charge in [0.2, 0.25) is 0 Å². The fourth-order valence-electron chi connectivity index (χ4n) is 7.54. The lowest BCUT2D eigenvalue weighted by Gasteiger charge is -2.23. The van der Waals surface area contributed by atoms with Gasteiger partial charge in [-0.05, 0) is 84.4 Å². The number of allylic oxidation sites excluding steroid dienone is 6. The Bertz CT molecular complexity index is 2360. The predicted octanol–water partition coefficient (Wildman–Crippen LogP) is 9.87. The Morgan fingerprint density at radius 3 is 2.54 bits per heavy atom. The van der Waals surface area contributed by atoms with Crippen LogP contribution >= 0.6 is 0 Å². The molecular formula is C46H40N4O2. The summed E-state index contributed by atoms with van der Waals surface area (Å²) in [5.41, 5.74) is 17.8. The van der Waals surface area contributed by atoms with Gasteiger partial charge in [0.1, 0.15) is 11.7 Å². The third-order valence-electron chi connectivity index (χ3n) is 10.3. The number of nitrogens with one attached hydrogen (secondary N) is 1. The monoisotopic (exact) mass is 680 g/mol. The molecule has 3 unspecified atom stereocenters. The molecule has 1 aliphatic heterocycles. The first-order valence-corrected chi connectivity index (χ1v) is 18.2. The van der Waals surface area contributed by atoms with E-state index in [-0.39, 0.29) is 18.1 Å². The fraction of sp³-hybridized carbons (Fsp3) is 0.174. The molecule has 0 saturated heterocycles. The standard InChI is InChI=1S/C46H40N4O2/c47-38(31-13-5-1-6-14-31)27-39(32-15-7-2-8-16-32)48-29-30-21-23-42-36(25-30)44-37-26-35(22-24-43(37)52-46(44)51-42)45-49-40(33-17-9-3-10-18-33)28-41(50-45)34-19-11-4-12-20-34/h1,3-7,9-11,13-19,21-28,36,39,42,48H,2,8,12,20,29,47H2/b38-27-. The van der Waals surface area contributed by atoms with E-state index in [9.17, 15) is 0 Å². The van der Waals surface area contributed by atoms with Gasteiger partial charge in [0.15, 0.2) is 5.82 Å². The van der Waals surface area contributed by atoms with Gasteiger partial charge in [-0.25, -0.2) is 9.97 Å². The van der Waals surface area contributed by atoms with E-state index in [4.69, 9.17) is 24.9 Å². The zero-order valence-electron chi connectivity index (χ0n) is 28.9. The van der Waals surface area contributed by atoms with Crippen molar-refractivity contribution in [3.63, 3.8) is 0 Å². The number of rotatable bonds is 9. The van der Waals surface area contributed by atoms with Crippen LogP contribution in [0.2, 0.25) is 0 Å². The number of nitrogens with two attached hydrogens (primary N) is 1. The largest absolute Gasteiger partial charge is 0.456 e. The van der Waals surface area contributed by atoms with Crippen LogP contribution in [0.5, 0.6) is 5.95 Å². The van der Waals surface area contributed by atoms with Gasteiger partial charge in [0.25, 0.3) is 5.95 Å². The predicted molar refractivity (Wildman–Crippen MR) is 210 cm³/mol. The number of ether oxygens (including phenoxy) is 1. The van der Waals surface area contributed by atoms with Crippen LogP contribution in [-0.4, -0.2) is 28.7 Å². The Labute approximate surface area is 304 Å². The van der Waals surface area contributed by atoms with E-state index in [1.807, 2.05) is 42.5 Å². The van der Waals surface area contributed by atoms with Crippen LogP contribution < -0.4 is 15.8 Å². The SMILES string of the molecule is N/C(=C\C(NCC1=CC2c3c(oc4ccc(-c5nc(C6=CC=CCC6)cc(-c6ccccc6)n5)cc34)OC2C=C1)C1=CCCC=C1)c1ccccc1. The van der Waals surface area contributed by atoms with E-state index in [1.165, 1.54) is 16.7 Å². The number of fused-ring (bicyclic) bond motifs is 5. The van der Waals surface area contributed by atoms with E-state index >= 15 is 0 Å². The van der Waals surface area contributed by atoms with Crippen LogP contribution in [0.3, 0.4) is 0 Å². The van der Waals surface area contributed by atoms with Crippen molar-refractivity contribution in [1.29, 1.82) is 0 Å². The van der Waals surface area contributed by atoms with E-state index in [0.29, 0.717) is 18.3 Å². The van der Waals surface area contributed by atoms with Gasteiger partial charge < -0.3 is 20.2 Å². The van der Waals surface area contributed by atoms with Crippen molar-refractivity contribution in [2.24, 2.45) is 5.73 Å². The van der Waals surface area contributed by atoms with Gasteiger partial charge in [-0.1, -0.05) is 109 Å². The Hall–Kier alpha value is -5.98. The maximum Gasteiger partial charge on any atom is 0.290 e. The highest BCUT2D eigenvalue weighted by atomic mass is 16.6. The molecule has 0 amide bonds. The van der Waals surface area contributed by atoms with Gasteiger partial charge >= 0.3 is 0 Å². The minimum Gasteiger partial charge on any atom is -0.456 e. The number of hydrogen-bond acceptors (Lipinski definition) is 6. The summed E-state index contributed by atoms with van der Waals surface area (Å²) in [6.45, 7) is 0.679. The smallest absolute Gasteiger partial charge is 0.290 e. The van der Waals surface area contributed by atoms with Gasteiger partial charge in [-0.2, -0.15) is 0 Å². The molecular weight excluding hydrogens is 641 g/mol. The van der Waals surface area contributed by atoms with E-state index in [2.05, 4.69) is 109 Å². The summed E-state index contributed by atoms with van der Waals surface area (Å²) in [6.07, 6.45) is 26.0. The van der Waals surface area contributed by atoms with Crippen LogP contribution in [0, 0.1) is 0 Å². The quantitative estimate of drug-likeness (QED) is 0.161. The average Bonchev–Trinajstić information content (AvgIpc) is 3.76. The molecule has 6 nitrogen and oxygen atoms in total. The van der Waals surface area contributed by atoms with Gasteiger partial charge in [0.05, 0.1) is 28.9 Å². The van der Waals surface area contributed by atoms with Crippen LogP contribution in [0.25, 0.3) is 44.9 Å². The molecule has 9 rings (SSSR count). The van der Waals surface area contributed by atoms with E-state index in [0.717, 1.165) is 76.0 Å². The first-order chi connectivity index (χ1) is 25.7. The van der Waals surface area contributed by atoms with Crippen LogP contribution in [0.1, 0.15) is 48.4 Å². The normalized spacial score (nSPS) is 19.8. The molecule has 256 valence electrons. The molecule has 0 radical (unpaired) electrons. The summed E-state index contributed by atoms with van der Waals surface area (Å²) in [5, 5.41) is 4.82. The minimum atomic E-state index is -0.116. The summed E-state index contributed by atoms with van der Waals surface area (Å²) in [4.78, 5) is 10.2. The second-order valence-corrected chi connectivity index (χ2v) is 13.7. The summed E-state index contributed by atoms with van der Waals surface area (Å²) < 4.78 is 12.7. The Morgan fingerprint density at radius 1 is 0.885 bits per heavy atom. The Morgan fingerprint density at radius 2 is 1.73 bits per heavy atom. The van der Waals surface area contributed by atoms with E-state index < -0.39 is 0 Å². The molecule has 3 atom stereocenters. The topological polar surface area (TPSA) is 86.2 Å². The van der Waals surface area contributed by atoms with Crippen LogP contribution in [-0.2, 0) is 0 Å². The first kappa shape index (κ1) is 32.0.